The average molecular weight is 554 g/mol. The van der Waals surface area contributed by atoms with Gasteiger partial charge in [0.2, 0.25) is 0 Å². The van der Waals surface area contributed by atoms with Crippen LogP contribution in [0.15, 0.2) is 30.5 Å². The van der Waals surface area contributed by atoms with Gasteiger partial charge < -0.3 is 10.6 Å². The van der Waals surface area contributed by atoms with Gasteiger partial charge in [-0.2, -0.15) is 31.4 Å². The number of fused-ring (bicyclic) bond motifs is 1. The highest BCUT2D eigenvalue weighted by atomic mass is 35.5. The lowest BCUT2D eigenvalue weighted by molar-refractivity contribution is -0.142. The number of aromatic nitrogens is 3. The van der Waals surface area contributed by atoms with Crippen molar-refractivity contribution in [3.63, 3.8) is 0 Å². The summed E-state index contributed by atoms with van der Waals surface area (Å²) in [6.45, 7) is -1.39. The molecule has 0 aliphatic heterocycles. The molecule has 0 unspecified atom stereocenters. The molecule has 194 valence electrons. The molecule has 2 N–H and O–H groups in total. The van der Waals surface area contributed by atoms with Gasteiger partial charge >= 0.3 is 12.4 Å². The quantitative estimate of drug-likeness (QED) is 0.355. The molecule has 2 heterocycles. The number of hydrogen-bond acceptors (Lipinski definition) is 4. The monoisotopic (exact) mass is 553 g/mol. The zero-order chi connectivity index (χ0) is 26.3. The molecule has 6 nitrogen and oxygen atoms in total. The van der Waals surface area contributed by atoms with Crippen LogP contribution in [-0.2, 0) is 12.7 Å². The van der Waals surface area contributed by atoms with E-state index in [0.717, 1.165) is 12.3 Å². The van der Waals surface area contributed by atoms with Crippen LogP contribution in [0.4, 0.5) is 32.0 Å². The molecule has 1 aliphatic rings. The number of pyridine rings is 1. The van der Waals surface area contributed by atoms with Crippen molar-refractivity contribution < 1.29 is 31.1 Å². The van der Waals surface area contributed by atoms with Crippen LogP contribution in [0.1, 0.15) is 41.7 Å². The number of alkyl halides is 6. The van der Waals surface area contributed by atoms with Gasteiger partial charge in [-0.1, -0.05) is 23.2 Å². The van der Waals surface area contributed by atoms with Gasteiger partial charge in [0.1, 0.15) is 12.2 Å². The summed E-state index contributed by atoms with van der Waals surface area (Å²) in [6.07, 6.45) is -6.03. The minimum atomic E-state index is -4.65. The summed E-state index contributed by atoms with van der Waals surface area (Å²) in [5, 5.41) is 9.79. The molecule has 36 heavy (non-hydrogen) atoms. The molecule has 1 saturated carbocycles. The Bertz CT molecular complexity index is 1280. The van der Waals surface area contributed by atoms with Crippen LogP contribution in [0.3, 0.4) is 0 Å². The summed E-state index contributed by atoms with van der Waals surface area (Å²) < 4.78 is 78.6. The van der Waals surface area contributed by atoms with Crippen LogP contribution >= 0.6 is 23.2 Å². The van der Waals surface area contributed by atoms with E-state index in [1.807, 2.05) is 0 Å². The third-order valence-corrected chi connectivity index (χ3v) is 6.25. The molecular formula is C22H19Cl2F6N5O. The Hall–Kier alpha value is -2.73. The lowest BCUT2D eigenvalue weighted by atomic mass is 9.90. The van der Waals surface area contributed by atoms with E-state index in [4.69, 9.17) is 23.2 Å². The van der Waals surface area contributed by atoms with Gasteiger partial charge in [-0.15, -0.1) is 0 Å². The second-order valence-corrected chi connectivity index (χ2v) is 9.33. The van der Waals surface area contributed by atoms with Gasteiger partial charge in [-0.05, 0) is 49.9 Å². The topological polar surface area (TPSA) is 71.8 Å². The van der Waals surface area contributed by atoms with Gasteiger partial charge in [0.25, 0.3) is 5.91 Å². The standard InChI is InChI=1S/C22H19Cl2F6N5O/c23-11-4-5-16-14(6-11)17(8-18(33-16)22(28,29)30)31-12-2-1-3-13(7-12)32-20(36)15-9-35(34-19(15)24)10-21(25,26)27/h4-6,8-9,12-13H,1-3,7,10H2,(H,31,33)(H,32,36)/t12-,13+/m0/s1. The lowest BCUT2D eigenvalue weighted by Gasteiger charge is -2.31. The number of halogens is 8. The number of carbonyl (C=O) groups is 1. The third kappa shape index (κ3) is 6.33. The molecule has 2 aromatic heterocycles. The summed E-state index contributed by atoms with van der Waals surface area (Å²) in [5.74, 6) is -0.681. The van der Waals surface area contributed by atoms with E-state index in [1.165, 1.54) is 18.2 Å². The highest BCUT2D eigenvalue weighted by Gasteiger charge is 2.34. The zero-order valence-corrected chi connectivity index (χ0v) is 19.9. The maximum atomic E-state index is 13.4. The highest BCUT2D eigenvalue weighted by molar-refractivity contribution is 6.32. The Morgan fingerprint density at radius 2 is 1.81 bits per heavy atom. The number of nitrogens with one attached hydrogen (secondary N) is 2. The number of rotatable bonds is 5. The van der Waals surface area contributed by atoms with Crippen LogP contribution in [0, 0.1) is 0 Å². The van der Waals surface area contributed by atoms with E-state index < -0.39 is 30.5 Å². The molecule has 4 rings (SSSR count). The normalized spacial score (nSPS) is 18.9. The van der Waals surface area contributed by atoms with Crippen molar-refractivity contribution in [2.24, 2.45) is 0 Å². The van der Waals surface area contributed by atoms with Crippen LogP contribution < -0.4 is 10.6 Å². The molecule has 0 saturated heterocycles. The maximum Gasteiger partial charge on any atom is 0.433 e. The summed E-state index contributed by atoms with van der Waals surface area (Å²) in [6, 6.07) is 4.63. The lowest BCUT2D eigenvalue weighted by Crippen LogP contribution is -2.41. The number of anilines is 1. The summed E-state index contributed by atoms with van der Waals surface area (Å²) in [4.78, 5) is 16.3. The number of nitrogens with zero attached hydrogens (tertiary/aromatic N) is 3. The number of benzene rings is 1. The SMILES string of the molecule is O=C(N[C@@H]1CCC[C@H](Nc2cc(C(F)(F)F)nc3ccc(Cl)cc23)C1)c1cn(CC(F)(F)F)nc1Cl. The summed E-state index contributed by atoms with van der Waals surface area (Å²) in [7, 11) is 0. The molecule has 3 aromatic rings. The second kappa shape index (κ2) is 9.97. The van der Waals surface area contributed by atoms with E-state index in [2.05, 4.69) is 20.7 Å². The Balaban J connectivity index is 1.49. The smallest absolute Gasteiger partial charge is 0.382 e. The Morgan fingerprint density at radius 1 is 1.08 bits per heavy atom. The molecule has 2 atom stereocenters. The minimum Gasteiger partial charge on any atom is -0.382 e. The fourth-order valence-electron chi connectivity index (χ4n) is 4.21. The maximum absolute atomic E-state index is 13.4. The molecular weight excluding hydrogens is 535 g/mol. The van der Waals surface area contributed by atoms with Crippen LogP contribution in [0.5, 0.6) is 0 Å². The van der Waals surface area contributed by atoms with Gasteiger partial charge in [0, 0.05) is 34.4 Å². The van der Waals surface area contributed by atoms with Crippen molar-refractivity contribution in [1.82, 2.24) is 20.1 Å². The first-order valence-corrected chi connectivity index (χ1v) is 11.6. The first kappa shape index (κ1) is 26.3. The molecule has 1 aromatic carbocycles. The van der Waals surface area contributed by atoms with Gasteiger partial charge in [-0.3, -0.25) is 9.48 Å². The molecule has 1 aliphatic carbocycles. The fraction of sp³-hybridized carbons (Fsp3) is 0.409. The fourth-order valence-corrected chi connectivity index (χ4v) is 4.62. The third-order valence-electron chi connectivity index (χ3n) is 5.73. The molecule has 14 heteroatoms. The van der Waals surface area contributed by atoms with Crippen LogP contribution in [0.2, 0.25) is 10.2 Å². The molecule has 1 amide bonds. The highest BCUT2D eigenvalue weighted by Crippen LogP contribution is 2.35. The van der Waals surface area contributed by atoms with Gasteiger partial charge in [-0.25, -0.2) is 4.98 Å². The molecule has 0 radical (unpaired) electrons. The van der Waals surface area contributed by atoms with E-state index in [0.29, 0.717) is 40.8 Å². The van der Waals surface area contributed by atoms with Crippen molar-refractivity contribution >= 4 is 45.7 Å². The van der Waals surface area contributed by atoms with E-state index >= 15 is 0 Å². The van der Waals surface area contributed by atoms with Gasteiger partial charge in [0.05, 0.1) is 11.1 Å². The van der Waals surface area contributed by atoms with Gasteiger partial charge in [0.15, 0.2) is 5.15 Å². The van der Waals surface area contributed by atoms with E-state index in [1.54, 1.807) is 0 Å². The largest absolute Gasteiger partial charge is 0.433 e. The molecule has 1 fully saturated rings. The Kier molecular flexibility index (Phi) is 7.29. The Morgan fingerprint density at radius 3 is 2.50 bits per heavy atom. The molecule has 0 spiro atoms. The van der Waals surface area contributed by atoms with Crippen molar-refractivity contribution in [2.75, 3.05) is 5.32 Å². The summed E-state index contributed by atoms with van der Waals surface area (Å²) >= 11 is 11.9. The molecule has 0 bridgehead atoms. The first-order valence-electron chi connectivity index (χ1n) is 10.8. The zero-order valence-electron chi connectivity index (χ0n) is 18.4. The van der Waals surface area contributed by atoms with Crippen LogP contribution in [0.25, 0.3) is 10.9 Å². The second-order valence-electron chi connectivity index (χ2n) is 8.54. The van der Waals surface area contributed by atoms with E-state index in [9.17, 15) is 31.1 Å². The van der Waals surface area contributed by atoms with Crippen molar-refractivity contribution in [3.05, 3.63) is 51.9 Å². The van der Waals surface area contributed by atoms with Crippen molar-refractivity contribution in [2.45, 2.75) is 56.7 Å². The number of carbonyl (C=O) groups excluding carboxylic acids is 1. The predicted octanol–water partition coefficient (Wildman–Crippen LogP) is 6.47. The predicted molar refractivity (Wildman–Crippen MR) is 122 cm³/mol. The van der Waals surface area contributed by atoms with Crippen molar-refractivity contribution in [1.29, 1.82) is 0 Å². The average Bonchev–Trinajstić information content (AvgIpc) is 3.12. The number of hydrogen-bond donors (Lipinski definition) is 2. The van der Waals surface area contributed by atoms with Crippen LogP contribution in [-0.4, -0.2) is 38.9 Å². The Labute approximate surface area is 211 Å². The van der Waals surface area contributed by atoms with E-state index in [-0.39, 0.29) is 34.0 Å². The minimum absolute atomic E-state index is 0.128. The summed E-state index contributed by atoms with van der Waals surface area (Å²) in [5.41, 5.74) is -0.905. The van der Waals surface area contributed by atoms with Crippen molar-refractivity contribution in [3.8, 4) is 0 Å². The number of amides is 1. The first-order chi connectivity index (χ1) is 16.8.